The minimum atomic E-state index is 0.206. The predicted molar refractivity (Wildman–Crippen MR) is 91.2 cm³/mol. The van der Waals surface area contributed by atoms with E-state index < -0.39 is 0 Å². The minimum absolute atomic E-state index is 0.206. The molecule has 2 saturated heterocycles. The van der Waals surface area contributed by atoms with Gasteiger partial charge in [-0.3, -0.25) is 4.90 Å². The lowest BCUT2D eigenvalue weighted by Gasteiger charge is -2.36. The number of nitrogens with zero attached hydrogens (tertiary/aromatic N) is 4. The van der Waals surface area contributed by atoms with Crippen LogP contribution in [0.4, 0.5) is 5.95 Å². The van der Waals surface area contributed by atoms with E-state index in [1.165, 1.54) is 5.56 Å². The maximum atomic E-state index is 6.01. The Bertz CT molecular complexity index is 682. The lowest BCUT2D eigenvalue weighted by Crippen LogP contribution is -2.50. The van der Waals surface area contributed by atoms with Crippen LogP contribution in [0.25, 0.3) is 0 Å². The van der Waals surface area contributed by atoms with Gasteiger partial charge in [-0.05, 0) is 5.56 Å². The van der Waals surface area contributed by atoms with Crippen molar-refractivity contribution in [2.75, 3.05) is 38.3 Å². The molecule has 0 aliphatic carbocycles. The molecule has 2 aromatic rings. The largest absolute Gasteiger partial charge is 0.481 e. The first kappa shape index (κ1) is 15.4. The average molecular weight is 326 g/mol. The second-order valence-electron chi connectivity index (χ2n) is 6.24. The number of hydrogen-bond acceptors (Lipinski definition) is 6. The number of fused-ring (bicyclic) bond motifs is 1. The molecule has 2 aliphatic heterocycles. The lowest BCUT2D eigenvalue weighted by molar-refractivity contribution is -0.0499. The van der Waals surface area contributed by atoms with Crippen LogP contribution in [0.1, 0.15) is 5.56 Å². The third-order valence-corrected chi connectivity index (χ3v) is 4.75. The smallest absolute Gasteiger partial charge is 0.228 e. The Hall–Kier alpha value is -2.18. The Morgan fingerprint density at radius 3 is 2.92 bits per heavy atom. The minimum Gasteiger partial charge on any atom is -0.481 e. The van der Waals surface area contributed by atoms with Gasteiger partial charge in [-0.2, -0.15) is 4.98 Å². The van der Waals surface area contributed by atoms with Gasteiger partial charge < -0.3 is 14.4 Å². The van der Waals surface area contributed by atoms with Crippen LogP contribution in [0.15, 0.2) is 42.6 Å². The normalized spacial score (nSPS) is 24.0. The summed E-state index contributed by atoms with van der Waals surface area (Å²) in [5, 5.41) is 0. The predicted octanol–water partition coefficient (Wildman–Crippen LogP) is 1.57. The fourth-order valence-electron chi connectivity index (χ4n) is 3.53. The molecule has 6 nitrogen and oxygen atoms in total. The van der Waals surface area contributed by atoms with Gasteiger partial charge in [0.25, 0.3) is 0 Å². The van der Waals surface area contributed by atoms with Crippen molar-refractivity contribution in [2.24, 2.45) is 0 Å². The molecule has 4 rings (SSSR count). The number of aromatic nitrogens is 2. The molecule has 3 heterocycles. The highest BCUT2D eigenvalue weighted by molar-refractivity contribution is 5.35. The number of rotatable bonds is 4. The third-order valence-electron chi connectivity index (χ3n) is 4.75. The number of hydrogen-bond donors (Lipinski definition) is 0. The molecule has 1 aromatic heterocycles. The van der Waals surface area contributed by atoms with Crippen LogP contribution in [0.5, 0.6) is 5.88 Å². The maximum absolute atomic E-state index is 6.01. The number of benzene rings is 1. The van der Waals surface area contributed by atoms with Gasteiger partial charge in [0.2, 0.25) is 11.8 Å². The summed E-state index contributed by atoms with van der Waals surface area (Å²) < 4.78 is 11.2. The molecule has 126 valence electrons. The van der Waals surface area contributed by atoms with Gasteiger partial charge in [0, 0.05) is 38.4 Å². The first-order chi connectivity index (χ1) is 11.8. The topological polar surface area (TPSA) is 50.7 Å². The highest BCUT2D eigenvalue weighted by Gasteiger charge is 2.40. The number of methoxy groups -OCH3 is 1. The summed E-state index contributed by atoms with van der Waals surface area (Å²) in [6.07, 6.45) is 1.95. The van der Waals surface area contributed by atoms with E-state index in [4.69, 9.17) is 9.47 Å². The van der Waals surface area contributed by atoms with E-state index in [2.05, 4.69) is 50.1 Å². The zero-order valence-electron chi connectivity index (χ0n) is 13.8. The van der Waals surface area contributed by atoms with Gasteiger partial charge in [0.05, 0.1) is 25.9 Å². The van der Waals surface area contributed by atoms with E-state index in [1.807, 2.05) is 0 Å². The molecule has 0 radical (unpaired) electrons. The fourth-order valence-corrected chi connectivity index (χ4v) is 3.53. The fraction of sp³-hybridized carbons (Fsp3) is 0.444. The van der Waals surface area contributed by atoms with E-state index in [0.29, 0.717) is 17.9 Å². The van der Waals surface area contributed by atoms with Crippen LogP contribution in [0, 0.1) is 0 Å². The second-order valence-corrected chi connectivity index (χ2v) is 6.24. The standard InChI is InChI=1S/C18H22N4O2/c1-23-17-7-8-19-18(20-17)22-12-15-16(13-22)24-10-9-21(15)11-14-5-3-2-4-6-14/h2-8,15-16H,9-13H2,1H3/t15-,16+/m1/s1. The molecule has 2 atom stereocenters. The molecule has 1 aromatic carbocycles. The van der Waals surface area contributed by atoms with E-state index in [0.717, 1.165) is 32.8 Å². The van der Waals surface area contributed by atoms with Crippen molar-refractivity contribution < 1.29 is 9.47 Å². The Balaban J connectivity index is 1.49. The van der Waals surface area contributed by atoms with Gasteiger partial charge in [0.15, 0.2) is 0 Å². The van der Waals surface area contributed by atoms with Crippen molar-refractivity contribution in [3.05, 3.63) is 48.2 Å². The van der Waals surface area contributed by atoms with Crippen molar-refractivity contribution in [2.45, 2.75) is 18.7 Å². The van der Waals surface area contributed by atoms with E-state index >= 15 is 0 Å². The Kier molecular flexibility index (Phi) is 4.32. The highest BCUT2D eigenvalue weighted by Crippen LogP contribution is 2.27. The van der Waals surface area contributed by atoms with Crippen molar-refractivity contribution in [1.82, 2.24) is 14.9 Å². The van der Waals surface area contributed by atoms with Crippen LogP contribution in [-0.4, -0.2) is 60.4 Å². The molecule has 0 saturated carbocycles. The summed E-state index contributed by atoms with van der Waals surface area (Å²) >= 11 is 0. The van der Waals surface area contributed by atoms with Crippen LogP contribution < -0.4 is 9.64 Å². The van der Waals surface area contributed by atoms with Crippen molar-refractivity contribution in [3.8, 4) is 5.88 Å². The number of anilines is 1. The van der Waals surface area contributed by atoms with Gasteiger partial charge in [-0.25, -0.2) is 4.98 Å². The molecule has 2 fully saturated rings. The van der Waals surface area contributed by atoms with E-state index in [-0.39, 0.29) is 6.10 Å². The lowest BCUT2D eigenvalue weighted by atomic mass is 10.1. The Labute approximate surface area is 142 Å². The van der Waals surface area contributed by atoms with Crippen molar-refractivity contribution in [1.29, 1.82) is 0 Å². The molecule has 0 spiro atoms. The van der Waals surface area contributed by atoms with Crippen LogP contribution in [-0.2, 0) is 11.3 Å². The Morgan fingerprint density at radius 1 is 1.21 bits per heavy atom. The van der Waals surface area contributed by atoms with Crippen molar-refractivity contribution in [3.63, 3.8) is 0 Å². The summed E-state index contributed by atoms with van der Waals surface area (Å²) in [4.78, 5) is 13.6. The molecule has 6 heteroatoms. The molecule has 0 N–H and O–H groups in total. The molecular weight excluding hydrogens is 304 g/mol. The molecule has 24 heavy (non-hydrogen) atoms. The second kappa shape index (κ2) is 6.75. The van der Waals surface area contributed by atoms with E-state index in [9.17, 15) is 0 Å². The number of morpholine rings is 1. The van der Waals surface area contributed by atoms with Crippen LogP contribution in [0.2, 0.25) is 0 Å². The van der Waals surface area contributed by atoms with Gasteiger partial charge in [0.1, 0.15) is 0 Å². The third kappa shape index (κ3) is 3.07. The zero-order chi connectivity index (χ0) is 16.4. The maximum Gasteiger partial charge on any atom is 0.228 e. The summed E-state index contributed by atoms with van der Waals surface area (Å²) in [5.41, 5.74) is 1.34. The zero-order valence-corrected chi connectivity index (χ0v) is 13.8. The summed E-state index contributed by atoms with van der Waals surface area (Å²) in [6.45, 7) is 4.40. The van der Waals surface area contributed by atoms with Crippen molar-refractivity contribution >= 4 is 5.95 Å². The SMILES string of the molecule is COc1ccnc(N2C[C@@H]3OCCN(Cc4ccccc4)[C@@H]3C2)n1. The highest BCUT2D eigenvalue weighted by atomic mass is 16.5. The molecule has 0 bridgehead atoms. The van der Waals surface area contributed by atoms with Gasteiger partial charge in [-0.1, -0.05) is 30.3 Å². The van der Waals surface area contributed by atoms with Gasteiger partial charge in [-0.15, -0.1) is 0 Å². The van der Waals surface area contributed by atoms with E-state index in [1.54, 1.807) is 19.4 Å². The molecule has 2 aliphatic rings. The van der Waals surface area contributed by atoms with Crippen LogP contribution in [0.3, 0.4) is 0 Å². The molecule has 0 unspecified atom stereocenters. The first-order valence-electron chi connectivity index (χ1n) is 8.35. The summed E-state index contributed by atoms with van der Waals surface area (Å²) in [6, 6.07) is 12.8. The summed E-state index contributed by atoms with van der Waals surface area (Å²) in [7, 11) is 1.63. The first-order valence-corrected chi connectivity index (χ1v) is 8.35. The Morgan fingerprint density at radius 2 is 2.08 bits per heavy atom. The van der Waals surface area contributed by atoms with Gasteiger partial charge >= 0.3 is 0 Å². The summed E-state index contributed by atoms with van der Waals surface area (Å²) in [5.74, 6) is 1.31. The monoisotopic (exact) mass is 326 g/mol. The number of ether oxygens (including phenoxy) is 2. The van der Waals surface area contributed by atoms with Crippen LogP contribution >= 0.6 is 0 Å². The molecule has 0 amide bonds. The average Bonchev–Trinajstić information content (AvgIpc) is 3.08. The quantitative estimate of drug-likeness (QED) is 0.850. The molecular formula is C18H22N4O2.